The molecule has 0 aromatic heterocycles. The van der Waals surface area contributed by atoms with Crippen molar-refractivity contribution in [1.82, 2.24) is 40.4 Å². The molecule has 510 valence electrons. The fraction of sp³-hybridized carbons (Fsp3) is 0.677. The van der Waals surface area contributed by atoms with Crippen LogP contribution in [-0.4, -0.2) is 249 Å². The van der Waals surface area contributed by atoms with Crippen LogP contribution < -0.4 is 64.2 Å². The number of hydrogen-bond acceptors (Lipinski definition) is 24. The minimum atomic E-state index is -1.44. The molecule has 11 N–H and O–H groups in total. The molecule has 29 nitrogen and oxygen atoms in total. The Balaban J connectivity index is 0.0000144. The third-order valence-electron chi connectivity index (χ3n) is 16.8. The van der Waals surface area contributed by atoms with Gasteiger partial charge in [-0.1, -0.05) is 70.9 Å². The van der Waals surface area contributed by atoms with Crippen LogP contribution in [0.5, 0.6) is 0 Å². The van der Waals surface area contributed by atoms with E-state index in [1.165, 1.54) is 9.80 Å². The molecular weight excluding hydrogens is 1250 g/mol. The number of rotatable bonds is 40. The fourth-order valence-electron chi connectivity index (χ4n) is 11.5. The van der Waals surface area contributed by atoms with Crippen LogP contribution >= 0.6 is 0 Å². The first-order valence-corrected chi connectivity index (χ1v) is 31.6. The zero-order valence-corrected chi connectivity index (χ0v) is 56.1. The van der Waals surface area contributed by atoms with Gasteiger partial charge in [0, 0.05) is 103 Å². The minimum absolute atomic E-state index is 0. The zero-order valence-electron chi connectivity index (χ0n) is 53.7. The summed E-state index contributed by atoms with van der Waals surface area (Å²) < 4.78 is 0. The van der Waals surface area contributed by atoms with Gasteiger partial charge in [-0.25, -0.2) is 4.79 Å². The number of ketones is 1. The first kappa shape index (κ1) is 81.4. The molecule has 0 bridgehead atoms. The van der Waals surface area contributed by atoms with E-state index < -0.39 is 125 Å². The molecule has 1 unspecified atom stereocenters. The number of hydrogen-bond donors (Lipinski definition) is 8. The Labute approximate surface area is 550 Å². The van der Waals surface area contributed by atoms with E-state index in [0.29, 0.717) is 63.5 Å². The van der Waals surface area contributed by atoms with Gasteiger partial charge < -0.3 is 88.0 Å². The SMILES string of the molecule is CC[C@H](C)[C@H](NC(=O)[C@H](CC(C)C)Nc1c(NCCCC(C(=O)[O-])N2CCN(CC=O)CCN(CC(=O)[O-])CCN(CC(=O)[O-])CC2)c(=O)c1=O)C(=O)C[C@@H](CCCCN)C(=O)N[C@@H](CCCCN)C(=O)N1CCC[C@H]1C(=O)N[C@@H](Cc1ccccc1)C(=O)O.[Ga+3].[OH-]. The molecule has 4 rings (SSSR count). The summed E-state index contributed by atoms with van der Waals surface area (Å²) in [6.45, 7) is 8.09. The number of aliphatic carboxylic acids is 4. The van der Waals surface area contributed by atoms with E-state index >= 15 is 0 Å². The van der Waals surface area contributed by atoms with E-state index in [1.807, 2.05) is 20.8 Å². The third-order valence-corrected chi connectivity index (χ3v) is 16.8. The van der Waals surface area contributed by atoms with Gasteiger partial charge in [-0.15, -0.1) is 0 Å². The Kier molecular flexibility index (Phi) is 37.7. The molecule has 8 atom stereocenters. The fourth-order valence-corrected chi connectivity index (χ4v) is 11.5. The van der Waals surface area contributed by atoms with E-state index in [4.69, 9.17) is 11.5 Å². The third kappa shape index (κ3) is 26.8. The molecule has 2 aromatic rings. The van der Waals surface area contributed by atoms with Crippen LogP contribution in [0.3, 0.4) is 0 Å². The molecule has 30 heteroatoms. The number of nitrogens with two attached hydrogens (primary N) is 2. The number of carboxylic acids is 4. The average molecular weight is 1350 g/mol. The van der Waals surface area contributed by atoms with E-state index in [9.17, 15) is 78.0 Å². The first-order valence-electron chi connectivity index (χ1n) is 31.6. The minimum Gasteiger partial charge on any atom is -0.870 e. The molecule has 2 heterocycles. The quantitative estimate of drug-likeness (QED) is 0.0135. The van der Waals surface area contributed by atoms with Gasteiger partial charge in [-0.2, -0.15) is 0 Å². The van der Waals surface area contributed by atoms with Crippen LogP contribution in [0.15, 0.2) is 39.9 Å². The Morgan fingerprint density at radius 3 is 1.83 bits per heavy atom. The number of carbonyl (C=O) groups excluding carboxylic acids is 9. The van der Waals surface area contributed by atoms with Crippen molar-refractivity contribution in [3.63, 3.8) is 0 Å². The number of carbonyl (C=O) groups is 10. The molecule has 2 fully saturated rings. The predicted octanol–water partition coefficient (Wildman–Crippen LogP) is -4.57. The van der Waals surface area contributed by atoms with Crippen LogP contribution in [0.25, 0.3) is 0 Å². The monoisotopic (exact) mass is 1350 g/mol. The Hall–Kier alpha value is -6.64. The number of Topliss-reactive ketones (excluding diaryl/α,β-unsaturated/α-hetero) is 1. The molecule has 2 saturated heterocycles. The smallest absolute Gasteiger partial charge is 0.870 e. The van der Waals surface area contributed by atoms with Gasteiger partial charge >= 0.3 is 25.8 Å². The van der Waals surface area contributed by atoms with Crippen LogP contribution in [0, 0.1) is 17.8 Å². The van der Waals surface area contributed by atoms with Gasteiger partial charge in [0.1, 0.15) is 41.8 Å². The molecule has 2 aliphatic rings. The summed E-state index contributed by atoms with van der Waals surface area (Å²) in [6, 6.07) is 1.85. The zero-order chi connectivity index (χ0) is 66.5. The van der Waals surface area contributed by atoms with Crippen LogP contribution in [-0.2, 0) is 54.4 Å². The topological polar surface area (TPSA) is 453 Å². The van der Waals surface area contributed by atoms with Gasteiger partial charge in [0.2, 0.25) is 23.6 Å². The number of aldehydes is 1. The number of unbranched alkanes of at least 4 members (excludes halogenated alkanes) is 2. The number of nitrogens with one attached hydrogen (secondary N) is 5. The summed E-state index contributed by atoms with van der Waals surface area (Å²) in [5.41, 5.74) is 10.2. The van der Waals surface area contributed by atoms with Gasteiger partial charge in [-0.05, 0) is 94.7 Å². The number of benzene rings is 1. The molecule has 0 radical (unpaired) electrons. The van der Waals surface area contributed by atoms with Crippen molar-refractivity contribution in [1.29, 1.82) is 0 Å². The van der Waals surface area contributed by atoms with Crippen molar-refractivity contribution in [3.05, 3.63) is 56.3 Å². The molecule has 4 amide bonds. The van der Waals surface area contributed by atoms with Crippen molar-refractivity contribution in [2.45, 2.75) is 154 Å². The van der Waals surface area contributed by atoms with Crippen LogP contribution in [0.2, 0.25) is 0 Å². The summed E-state index contributed by atoms with van der Waals surface area (Å²) in [5, 5.41) is 60.2. The van der Waals surface area contributed by atoms with E-state index in [1.54, 1.807) is 52.0 Å². The Morgan fingerprint density at radius 2 is 1.27 bits per heavy atom. The van der Waals surface area contributed by atoms with Crippen LogP contribution in [0.1, 0.15) is 117 Å². The van der Waals surface area contributed by atoms with E-state index in [-0.39, 0.29) is 166 Å². The second-order valence-electron chi connectivity index (χ2n) is 24.1. The van der Waals surface area contributed by atoms with Crippen molar-refractivity contribution in [2.24, 2.45) is 29.2 Å². The Bertz CT molecular complexity index is 2760. The summed E-state index contributed by atoms with van der Waals surface area (Å²) in [7, 11) is 0. The average Bonchev–Trinajstić information content (AvgIpc) is 0.894. The maximum absolute atomic E-state index is 14.6. The summed E-state index contributed by atoms with van der Waals surface area (Å²) >= 11 is 0. The number of amides is 4. The maximum atomic E-state index is 14.6. The molecule has 2 aliphatic heterocycles. The van der Waals surface area contributed by atoms with Gasteiger partial charge in [0.15, 0.2) is 5.78 Å². The second-order valence-corrected chi connectivity index (χ2v) is 24.1. The van der Waals surface area contributed by atoms with E-state index in [0.717, 1.165) is 0 Å². The predicted molar refractivity (Wildman–Crippen MR) is 336 cm³/mol. The Morgan fingerprint density at radius 1 is 0.696 bits per heavy atom. The molecule has 92 heavy (non-hydrogen) atoms. The summed E-state index contributed by atoms with van der Waals surface area (Å²) in [6.07, 6.45) is 3.92. The first-order chi connectivity index (χ1) is 42.9. The number of anilines is 2. The largest absolute Gasteiger partial charge is 3.00 e. The summed E-state index contributed by atoms with van der Waals surface area (Å²) in [4.78, 5) is 166. The van der Waals surface area contributed by atoms with Gasteiger partial charge in [0.25, 0.3) is 10.9 Å². The summed E-state index contributed by atoms with van der Waals surface area (Å²) in [5.74, 6) is -9.95. The van der Waals surface area contributed by atoms with Crippen molar-refractivity contribution in [3.8, 4) is 0 Å². The molecule has 0 saturated carbocycles. The second kappa shape index (κ2) is 42.6. The van der Waals surface area contributed by atoms with Crippen LogP contribution in [0.4, 0.5) is 11.4 Å². The standard InChI is InChI=1S/C62H98N12O16.Ga.H2O/c1-5-41(4)52(49(76)37-43(17-9-11-21-63)57(83)67-44(18-10-12-22-64)60(86)74-24-14-20-47(74)59(85)68-46(61(87)88)36-42-15-7-6-8-16-42)69-58(84)45(35-40(2)3)66-54-53(55(81)56(54)82)65-23-13-19-48(62(89)90)73-31-29-70(33-34-75)25-26-71(38-50(77)78)27-28-72(30-32-73)39-51(79)80;;/h6-8,15-16,34,40-41,43-48,52,65-66H,5,9-14,17-33,35-39,63-64H2,1-4H3,(H,67,83)(H,68,85)(H,69,84)(H,77,78)(H,79,80)(H,87,88)(H,89,90);;1H2/q;+3;/p-4/t41-,43+,44-,45-,46-,47-,48?,52-;;/m0../s1. The molecule has 2 aromatic carbocycles. The van der Waals surface area contributed by atoms with Gasteiger partial charge in [0.05, 0.1) is 30.5 Å². The van der Waals surface area contributed by atoms with Crippen molar-refractivity contribution < 1.29 is 73.8 Å². The number of likely N-dealkylation sites (tertiary alicyclic amines) is 1. The molecule has 0 spiro atoms. The number of carboxylic acid groups (broad SMARTS) is 4. The normalized spacial score (nSPS) is 17.8. The molecular formula is C62H96GaN12O17-. The van der Waals surface area contributed by atoms with Crippen molar-refractivity contribution >= 4 is 90.7 Å². The maximum Gasteiger partial charge on any atom is 3.00 e. The molecule has 0 aliphatic carbocycles. The number of nitrogens with zero attached hydrogens (tertiary/aromatic N) is 5. The van der Waals surface area contributed by atoms with E-state index in [2.05, 4.69) is 26.6 Å². The van der Waals surface area contributed by atoms with Gasteiger partial charge in [-0.3, -0.25) is 53.2 Å². The van der Waals surface area contributed by atoms with Crippen molar-refractivity contribution in [2.75, 3.05) is 109 Å².